The summed E-state index contributed by atoms with van der Waals surface area (Å²) in [6.07, 6.45) is 1.49. The number of hydrogen-bond acceptors (Lipinski definition) is 6. The Hall–Kier alpha value is -2.53. The minimum Gasteiger partial charge on any atom is -0.492 e. The number of ether oxygens (including phenoxy) is 1. The number of nitrogens with zero attached hydrogens (tertiary/aromatic N) is 3. The second-order valence-electron chi connectivity index (χ2n) is 9.17. The van der Waals surface area contributed by atoms with Gasteiger partial charge < -0.3 is 15.0 Å². The molecule has 10 heteroatoms. The highest BCUT2D eigenvalue weighted by atomic mass is 32.2. The number of rotatable bonds is 10. The number of piperazine rings is 1. The molecule has 2 aliphatic rings. The SMILES string of the molecule is CN(Cc1cccc(OCCN2CCN(S(=O)(=O)c3ccccc3F)CC2)c1)C[C@@H]1CCC(=O)N1. The summed E-state index contributed by atoms with van der Waals surface area (Å²) in [6.45, 7) is 4.53. The maximum Gasteiger partial charge on any atom is 0.246 e. The second-order valence-corrected chi connectivity index (χ2v) is 11.1. The van der Waals surface area contributed by atoms with Gasteiger partial charge in [-0.1, -0.05) is 24.3 Å². The monoisotopic (exact) mass is 504 g/mol. The molecule has 0 bridgehead atoms. The van der Waals surface area contributed by atoms with Crippen LogP contribution in [0.3, 0.4) is 0 Å². The van der Waals surface area contributed by atoms with Crippen molar-refractivity contribution < 1.29 is 22.3 Å². The van der Waals surface area contributed by atoms with Crippen LogP contribution in [0, 0.1) is 5.82 Å². The van der Waals surface area contributed by atoms with E-state index in [2.05, 4.69) is 21.2 Å². The highest BCUT2D eigenvalue weighted by Crippen LogP contribution is 2.21. The van der Waals surface area contributed by atoms with Crippen molar-refractivity contribution in [2.75, 3.05) is 52.9 Å². The molecule has 8 nitrogen and oxygen atoms in total. The quantitative estimate of drug-likeness (QED) is 0.533. The van der Waals surface area contributed by atoms with Crippen molar-refractivity contribution in [2.45, 2.75) is 30.3 Å². The van der Waals surface area contributed by atoms with E-state index in [4.69, 9.17) is 4.74 Å². The van der Waals surface area contributed by atoms with Gasteiger partial charge in [0, 0.05) is 58.3 Å². The smallest absolute Gasteiger partial charge is 0.246 e. The predicted molar refractivity (Wildman–Crippen MR) is 131 cm³/mol. The minimum absolute atomic E-state index is 0.131. The number of amides is 1. The van der Waals surface area contributed by atoms with Crippen LogP contribution >= 0.6 is 0 Å². The van der Waals surface area contributed by atoms with Gasteiger partial charge in [-0.25, -0.2) is 12.8 Å². The number of hydrogen-bond donors (Lipinski definition) is 1. The van der Waals surface area contributed by atoms with Gasteiger partial charge in [0.15, 0.2) is 0 Å². The number of halogens is 1. The van der Waals surface area contributed by atoms with Crippen molar-refractivity contribution in [1.29, 1.82) is 0 Å². The Kier molecular flexibility index (Phi) is 8.38. The molecule has 0 unspecified atom stereocenters. The Labute approximate surface area is 206 Å². The lowest BCUT2D eigenvalue weighted by atomic mass is 10.1. The maximum atomic E-state index is 14.0. The third-order valence-corrected chi connectivity index (χ3v) is 8.36. The number of benzene rings is 2. The lowest BCUT2D eigenvalue weighted by molar-refractivity contribution is -0.119. The lowest BCUT2D eigenvalue weighted by Gasteiger charge is -2.33. The standard InChI is InChI=1S/C25H33FN4O4S/c1-28(19-21-9-10-25(31)27-21)18-20-5-4-6-22(17-20)34-16-15-29-11-13-30(14-12-29)35(32,33)24-8-3-2-7-23(24)26/h2-8,17,21H,9-16,18-19H2,1H3,(H,27,31)/t21-/m0/s1. The van der Waals surface area contributed by atoms with Crippen molar-refractivity contribution >= 4 is 15.9 Å². The Bertz CT molecular complexity index is 1120. The molecule has 2 heterocycles. The first kappa shape index (κ1) is 25.6. The average Bonchev–Trinajstić information content (AvgIpc) is 3.24. The topological polar surface area (TPSA) is 82.2 Å². The zero-order valence-corrected chi connectivity index (χ0v) is 20.8. The molecule has 2 aromatic carbocycles. The Morgan fingerprint density at radius 2 is 1.89 bits per heavy atom. The third-order valence-electron chi connectivity index (χ3n) is 6.43. The number of carbonyl (C=O) groups is 1. The third kappa shape index (κ3) is 6.78. The van der Waals surface area contributed by atoms with Crippen LogP contribution in [0.1, 0.15) is 18.4 Å². The van der Waals surface area contributed by atoms with Crippen LogP contribution in [0.5, 0.6) is 5.75 Å². The Balaban J connectivity index is 1.20. The fraction of sp³-hybridized carbons (Fsp3) is 0.480. The highest BCUT2D eigenvalue weighted by molar-refractivity contribution is 7.89. The molecule has 2 aliphatic heterocycles. The molecule has 0 spiro atoms. The maximum absolute atomic E-state index is 14.0. The molecule has 1 N–H and O–H groups in total. The molecular formula is C25H33FN4O4S. The van der Waals surface area contributed by atoms with E-state index in [1.165, 1.54) is 28.6 Å². The molecule has 0 aliphatic carbocycles. The molecule has 0 aromatic heterocycles. The van der Waals surface area contributed by atoms with E-state index in [0.29, 0.717) is 45.8 Å². The van der Waals surface area contributed by atoms with Crippen LogP contribution in [0.25, 0.3) is 0 Å². The molecule has 4 rings (SSSR count). The van der Waals surface area contributed by atoms with Gasteiger partial charge in [0.2, 0.25) is 15.9 Å². The zero-order chi connectivity index (χ0) is 24.8. The second kappa shape index (κ2) is 11.5. The summed E-state index contributed by atoms with van der Waals surface area (Å²) in [4.78, 5) is 15.5. The van der Waals surface area contributed by atoms with E-state index in [0.717, 1.165) is 30.8 Å². The van der Waals surface area contributed by atoms with Crippen molar-refractivity contribution in [1.82, 2.24) is 19.4 Å². The summed E-state index contributed by atoms with van der Waals surface area (Å²) in [5, 5.41) is 3.00. The van der Waals surface area contributed by atoms with E-state index in [1.54, 1.807) is 0 Å². The summed E-state index contributed by atoms with van der Waals surface area (Å²) >= 11 is 0. The lowest BCUT2D eigenvalue weighted by Crippen LogP contribution is -2.49. The number of sulfonamides is 1. The van der Waals surface area contributed by atoms with Crippen LogP contribution in [0.15, 0.2) is 53.4 Å². The summed E-state index contributed by atoms with van der Waals surface area (Å²) in [6, 6.07) is 13.7. The fourth-order valence-corrected chi connectivity index (χ4v) is 6.07. The number of carbonyl (C=O) groups excluding carboxylic acids is 1. The molecule has 0 radical (unpaired) electrons. The van der Waals surface area contributed by atoms with Crippen LogP contribution in [0.2, 0.25) is 0 Å². The van der Waals surface area contributed by atoms with Crippen molar-refractivity contribution in [2.24, 2.45) is 0 Å². The van der Waals surface area contributed by atoms with E-state index < -0.39 is 15.8 Å². The first-order valence-corrected chi connectivity index (χ1v) is 13.4. The first-order valence-electron chi connectivity index (χ1n) is 12.0. The van der Waals surface area contributed by atoms with Crippen LogP contribution < -0.4 is 10.1 Å². The van der Waals surface area contributed by atoms with Crippen molar-refractivity contribution in [3.8, 4) is 5.75 Å². The molecular weight excluding hydrogens is 471 g/mol. The highest BCUT2D eigenvalue weighted by Gasteiger charge is 2.30. The van der Waals surface area contributed by atoms with Gasteiger partial charge >= 0.3 is 0 Å². The van der Waals surface area contributed by atoms with Crippen LogP contribution in [-0.4, -0.2) is 87.4 Å². The van der Waals surface area contributed by atoms with E-state index in [-0.39, 0.29) is 16.8 Å². The predicted octanol–water partition coefficient (Wildman–Crippen LogP) is 1.92. The van der Waals surface area contributed by atoms with Crippen LogP contribution in [-0.2, 0) is 21.4 Å². The Morgan fingerprint density at radius 1 is 1.11 bits per heavy atom. The molecule has 1 amide bonds. The summed E-state index contributed by atoms with van der Waals surface area (Å²) in [7, 11) is -1.78. The number of likely N-dealkylation sites (N-methyl/N-ethyl adjacent to an activating group) is 1. The first-order chi connectivity index (χ1) is 16.8. The van der Waals surface area contributed by atoms with E-state index in [1.807, 2.05) is 25.2 Å². The average molecular weight is 505 g/mol. The van der Waals surface area contributed by atoms with Crippen LogP contribution in [0.4, 0.5) is 4.39 Å². The molecule has 2 saturated heterocycles. The van der Waals surface area contributed by atoms with Gasteiger partial charge in [-0.15, -0.1) is 0 Å². The van der Waals surface area contributed by atoms with Crippen molar-refractivity contribution in [3.63, 3.8) is 0 Å². The molecule has 0 saturated carbocycles. The largest absolute Gasteiger partial charge is 0.492 e. The normalized spacial score (nSPS) is 19.7. The van der Waals surface area contributed by atoms with Gasteiger partial charge in [-0.3, -0.25) is 9.69 Å². The van der Waals surface area contributed by atoms with E-state index in [9.17, 15) is 17.6 Å². The van der Waals surface area contributed by atoms with Crippen molar-refractivity contribution in [3.05, 3.63) is 59.9 Å². The molecule has 2 fully saturated rings. The Morgan fingerprint density at radius 3 is 2.60 bits per heavy atom. The van der Waals surface area contributed by atoms with E-state index >= 15 is 0 Å². The van der Waals surface area contributed by atoms with Gasteiger partial charge in [-0.05, 0) is 43.3 Å². The molecule has 2 aromatic rings. The van der Waals surface area contributed by atoms with Gasteiger partial charge in [0.1, 0.15) is 23.1 Å². The minimum atomic E-state index is -3.83. The molecule has 35 heavy (non-hydrogen) atoms. The van der Waals surface area contributed by atoms with Gasteiger partial charge in [-0.2, -0.15) is 4.31 Å². The summed E-state index contributed by atoms with van der Waals surface area (Å²) < 4.78 is 46.8. The summed E-state index contributed by atoms with van der Waals surface area (Å²) in [5.74, 6) is 0.208. The fourth-order valence-electron chi connectivity index (χ4n) is 4.58. The summed E-state index contributed by atoms with van der Waals surface area (Å²) in [5.41, 5.74) is 1.14. The van der Waals surface area contributed by atoms with Gasteiger partial charge in [0.25, 0.3) is 0 Å². The molecule has 1 atom stereocenters. The zero-order valence-electron chi connectivity index (χ0n) is 20.0. The number of nitrogens with one attached hydrogen (secondary N) is 1. The van der Waals surface area contributed by atoms with Gasteiger partial charge in [0.05, 0.1) is 0 Å². The molecule has 190 valence electrons.